The summed E-state index contributed by atoms with van der Waals surface area (Å²) in [4.78, 5) is 16.0. The number of urea groups is 1. The predicted octanol–water partition coefficient (Wildman–Crippen LogP) is 2.89. The van der Waals surface area contributed by atoms with E-state index in [2.05, 4.69) is 30.6 Å². The normalized spacial score (nSPS) is 12.6. The Kier molecular flexibility index (Phi) is 4.72. The van der Waals surface area contributed by atoms with Crippen LogP contribution in [-0.2, 0) is 0 Å². The second-order valence-corrected chi connectivity index (χ2v) is 4.64. The Morgan fingerprint density at radius 1 is 1.35 bits per heavy atom. The van der Waals surface area contributed by atoms with Gasteiger partial charge in [-0.15, -0.1) is 13.2 Å². The molecule has 124 valence electrons. The van der Waals surface area contributed by atoms with Gasteiger partial charge >= 0.3 is 12.4 Å². The summed E-state index contributed by atoms with van der Waals surface area (Å²) in [5, 5.41) is 11.3. The van der Waals surface area contributed by atoms with Crippen LogP contribution in [-0.4, -0.2) is 27.6 Å². The highest BCUT2D eigenvalue weighted by Crippen LogP contribution is 2.29. The number of para-hydroxylation sites is 2. The number of anilines is 1. The number of H-pyrrole nitrogens is 1. The van der Waals surface area contributed by atoms with Crippen LogP contribution in [0.1, 0.15) is 24.6 Å². The van der Waals surface area contributed by atoms with Crippen molar-refractivity contribution in [1.29, 1.82) is 0 Å². The zero-order valence-corrected chi connectivity index (χ0v) is 12.2. The molecule has 1 atom stereocenters. The van der Waals surface area contributed by atoms with Crippen molar-refractivity contribution < 1.29 is 22.7 Å². The number of rotatable bonds is 4. The van der Waals surface area contributed by atoms with Crippen molar-refractivity contribution in [3.05, 3.63) is 35.9 Å². The van der Waals surface area contributed by atoms with E-state index < -0.39 is 24.2 Å². The molecule has 0 aliphatic rings. The molecule has 1 aromatic carbocycles. The van der Waals surface area contributed by atoms with Crippen molar-refractivity contribution in [2.45, 2.75) is 26.3 Å². The largest absolute Gasteiger partial charge is 0.573 e. The average molecular weight is 329 g/mol. The average Bonchev–Trinajstić information content (AvgIpc) is 2.86. The summed E-state index contributed by atoms with van der Waals surface area (Å²) in [6.45, 7) is 3.34. The van der Waals surface area contributed by atoms with Crippen LogP contribution in [0.4, 0.5) is 23.7 Å². The molecule has 1 aromatic heterocycles. The van der Waals surface area contributed by atoms with Gasteiger partial charge in [-0.2, -0.15) is 5.10 Å². The second-order valence-electron chi connectivity index (χ2n) is 4.64. The first-order valence-electron chi connectivity index (χ1n) is 6.56. The van der Waals surface area contributed by atoms with Crippen molar-refractivity contribution in [3.63, 3.8) is 0 Å². The van der Waals surface area contributed by atoms with Gasteiger partial charge in [0.1, 0.15) is 5.82 Å². The Hall–Kier alpha value is -2.78. The molecular formula is C13H14F3N5O2. The van der Waals surface area contributed by atoms with E-state index in [1.165, 1.54) is 18.2 Å². The summed E-state index contributed by atoms with van der Waals surface area (Å²) >= 11 is 0. The number of carbonyl (C=O) groups excluding carboxylic acids is 1. The molecule has 2 amide bonds. The maximum Gasteiger partial charge on any atom is 0.573 e. The van der Waals surface area contributed by atoms with Gasteiger partial charge in [0.2, 0.25) is 0 Å². The zero-order chi connectivity index (χ0) is 17.0. The molecule has 0 fully saturated rings. The van der Waals surface area contributed by atoms with Crippen molar-refractivity contribution in [3.8, 4) is 5.75 Å². The van der Waals surface area contributed by atoms with Crippen LogP contribution in [0.2, 0.25) is 0 Å². The van der Waals surface area contributed by atoms with Crippen molar-refractivity contribution in [2.75, 3.05) is 5.32 Å². The smallest absolute Gasteiger partial charge is 0.404 e. The topological polar surface area (TPSA) is 91.9 Å². The number of ether oxygens (including phenoxy) is 1. The van der Waals surface area contributed by atoms with Gasteiger partial charge in [0.05, 0.1) is 11.7 Å². The summed E-state index contributed by atoms with van der Waals surface area (Å²) in [6.07, 6.45) is -4.85. The molecule has 1 unspecified atom stereocenters. The highest BCUT2D eigenvalue weighted by molar-refractivity contribution is 5.91. The molecule has 0 saturated heterocycles. The van der Waals surface area contributed by atoms with E-state index in [9.17, 15) is 18.0 Å². The molecule has 7 nitrogen and oxygen atoms in total. The first-order valence-corrected chi connectivity index (χ1v) is 6.56. The van der Waals surface area contributed by atoms with Gasteiger partial charge in [-0.25, -0.2) is 9.78 Å². The van der Waals surface area contributed by atoms with Crippen molar-refractivity contribution >= 4 is 11.7 Å². The highest BCUT2D eigenvalue weighted by atomic mass is 19.4. The lowest BCUT2D eigenvalue weighted by Gasteiger charge is -2.15. The maximum absolute atomic E-state index is 12.3. The summed E-state index contributed by atoms with van der Waals surface area (Å²) < 4.78 is 40.8. The van der Waals surface area contributed by atoms with Crippen LogP contribution in [0.15, 0.2) is 24.3 Å². The van der Waals surface area contributed by atoms with Gasteiger partial charge in [-0.3, -0.25) is 5.10 Å². The van der Waals surface area contributed by atoms with Crippen LogP contribution in [0, 0.1) is 6.92 Å². The van der Waals surface area contributed by atoms with Crippen LogP contribution < -0.4 is 15.4 Å². The lowest BCUT2D eigenvalue weighted by atomic mass is 10.3. The number of benzene rings is 1. The van der Waals surface area contributed by atoms with Crippen LogP contribution in [0.3, 0.4) is 0 Å². The molecule has 0 aliphatic heterocycles. The molecular weight excluding hydrogens is 315 g/mol. The van der Waals surface area contributed by atoms with E-state index in [0.717, 1.165) is 6.07 Å². The minimum absolute atomic E-state index is 0.110. The number of nitrogens with one attached hydrogen (secondary N) is 3. The molecule has 3 N–H and O–H groups in total. The number of nitrogens with zero attached hydrogens (tertiary/aromatic N) is 2. The number of aryl methyl sites for hydroxylation is 1. The number of carbonyl (C=O) groups is 1. The number of alkyl halides is 3. The first kappa shape index (κ1) is 16.6. The Labute approximate surface area is 129 Å². The summed E-state index contributed by atoms with van der Waals surface area (Å²) in [5.74, 6) is 0.437. The first-order chi connectivity index (χ1) is 10.7. The molecule has 0 bridgehead atoms. The fourth-order valence-corrected chi connectivity index (χ4v) is 1.76. The molecule has 1 heterocycles. The van der Waals surface area contributed by atoms with E-state index in [4.69, 9.17) is 0 Å². The SMILES string of the molecule is Cc1nc(C(C)NC(=O)Nc2ccccc2OC(F)(F)F)n[nH]1. The number of hydrogen-bond acceptors (Lipinski definition) is 4. The minimum atomic E-state index is -4.85. The maximum atomic E-state index is 12.3. The van der Waals surface area contributed by atoms with Crippen LogP contribution >= 0.6 is 0 Å². The van der Waals surface area contributed by atoms with Gasteiger partial charge in [0.25, 0.3) is 0 Å². The van der Waals surface area contributed by atoms with Gasteiger partial charge in [-0.05, 0) is 26.0 Å². The van der Waals surface area contributed by atoms with E-state index in [1.54, 1.807) is 13.8 Å². The fourth-order valence-electron chi connectivity index (χ4n) is 1.76. The number of amides is 2. The third-order valence-corrected chi connectivity index (χ3v) is 2.71. The van der Waals surface area contributed by atoms with Gasteiger partial charge < -0.3 is 15.4 Å². The summed E-state index contributed by atoms with van der Waals surface area (Å²) in [6, 6.07) is 3.99. The number of halogens is 3. The Morgan fingerprint density at radius 3 is 2.65 bits per heavy atom. The number of hydrogen-bond donors (Lipinski definition) is 3. The third-order valence-electron chi connectivity index (χ3n) is 2.71. The molecule has 23 heavy (non-hydrogen) atoms. The third kappa shape index (κ3) is 4.87. The second kappa shape index (κ2) is 6.55. The van der Waals surface area contributed by atoms with E-state index in [1.807, 2.05) is 0 Å². The Bertz CT molecular complexity index is 686. The summed E-state index contributed by atoms with van der Waals surface area (Å²) in [5.41, 5.74) is -0.110. The highest BCUT2D eigenvalue weighted by Gasteiger charge is 2.32. The van der Waals surface area contributed by atoms with Crippen LogP contribution in [0.5, 0.6) is 5.75 Å². The summed E-state index contributed by atoms with van der Waals surface area (Å²) in [7, 11) is 0. The van der Waals surface area contributed by atoms with Gasteiger partial charge in [0.15, 0.2) is 11.6 Å². The number of aromatic amines is 1. The lowest BCUT2D eigenvalue weighted by molar-refractivity contribution is -0.274. The molecule has 2 aromatic rings. The van der Waals surface area contributed by atoms with Crippen molar-refractivity contribution in [1.82, 2.24) is 20.5 Å². The van der Waals surface area contributed by atoms with Crippen LogP contribution in [0.25, 0.3) is 0 Å². The Balaban J connectivity index is 2.03. The monoisotopic (exact) mass is 329 g/mol. The fraction of sp³-hybridized carbons (Fsp3) is 0.308. The molecule has 0 spiro atoms. The van der Waals surface area contributed by atoms with E-state index >= 15 is 0 Å². The molecule has 0 saturated carbocycles. The van der Waals surface area contributed by atoms with E-state index in [0.29, 0.717) is 11.6 Å². The van der Waals surface area contributed by atoms with E-state index in [-0.39, 0.29) is 5.69 Å². The van der Waals surface area contributed by atoms with Crippen molar-refractivity contribution in [2.24, 2.45) is 0 Å². The molecule has 0 radical (unpaired) electrons. The zero-order valence-electron chi connectivity index (χ0n) is 12.2. The minimum Gasteiger partial charge on any atom is -0.404 e. The molecule has 2 rings (SSSR count). The standard InChI is InChI=1S/C13H14F3N5O2/c1-7(11-18-8(2)20-21-11)17-12(22)19-9-5-3-4-6-10(9)23-13(14,15)16/h3-7H,1-2H3,(H2,17,19,22)(H,18,20,21). The lowest BCUT2D eigenvalue weighted by Crippen LogP contribution is -2.32. The predicted molar refractivity (Wildman–Crippen MR) is 74.8 cm³/mol. The quantitative estimate of drug-likeness (QED) is 0.804. The Morgan fingerprint density at radius 2 is 2.04 bits per heavy atom. The molecule has 10 heteroatoms. The van der Waals surface area contributed by atoms with Gasteiger partial charge in [-0.1, -0.05) is 12.1 Å². The number of aromatic nitrogens is 3. The van der Waals surface area contributed by atoms with Gasteiger partial charge in [0, 0.05) is 0 Å². The molecule has 0 aliphatic carbocycles.